The molecule has 2 rings (SSSR count). The molecule has 1 aromatic carbocycles. The van der Waals surface area contributed by atoms with Gasteiger partial charge in [0.25, 0.3) is 11.5 Å². The third kappa shape index (κ3) is 3.95. The Hall–Kier alpha value is -2.33. The van der Waals surface area contributed by atoms with Crippen molar-refractivity contribution in [1.82, 2.24) is 15.3 Å². The first-order valence-electron chi connectivity index (χ1n) is 6.73. The number of benzene rings is 1. The molecule has 0 radical (unpaired) electrons. The summed E-state index contributed by atoms with van der Waals surface area (Å²) in [6.07, 6.45) is 2.82. The van der Waals surface area contributed by atoms with E-state index in [4.69, 9.17) is 0 Å². The lowest BCUT2D eigenvalue weighted by Gasteiger charge is -2.11. The van der Waals surface area contributed by atoms with E-state index in [1.165, 1.54) is 30.9 Å². The monoisotopic (exact) mass is 368 g/mol. The fourth-order valence-electron chi connectivity index (χ4n) is 1.92. The molecule has 1 heterocycles. The number of hydrogen-bond donors (Lipinski definition) is 3. The number of rotatable bonds is 5. The number of nitrogens with zero attached hydrogens (tertiary/aromatic N) is 1. The highest BCUT2D eigenvalue weighted by Crippen LogP contribution is 2.21. The smallest absolute Gasteiger partial charge is 0.266 e. The highest BCUT2D eigenvalue weighted by Gasteiger charge is 2.18. The maximum atomic E-state index is 12.1. The molecule has 3 N–H and O–H groups in total. The lowest BCUT2D eigenvalue weighted by molar-refractivity contribution is 0.0962. The van der Waals surface area contributed by atoms with Crippen molar-refractivity contribution >= 4 is 39.0 Å². The zero-order chi connectivity index (χ0) is 17.9. The number of carbonyl (C=O) groups is 1. The number of sulfone groups is 1. The third-order valence-electron chi connectivity index (χ3n) is 3.07. The molecule has 0 saturated heterocycles. The third-order valence-corrected chi connectivity index (χ3v) is 4.76. The van der Waals surface area contributed by atoms with E-state index in [-0.39, 0.29) is 16.3 Å². The van der Waals surface area contributed by atoms with Gasteiger partial charge in [-0.3, -0.25) is 9.59 Å². The minimum atomic E-state index is -3.38. The van der Waals surface area contributed by atoms with E-state index in [0.717, 1.165) is 6.26 Å². The Morgan fingerprint density at radius 2 is 2.04 bits per heavy atom. The number of amides is 1. The van der Waals surface area contributed by atoms with Crippen LogP contribution in [0.1, 0.15) is 10.4 Å². The predicted molar refractivity (Wildman–Crippen MR) is 92.9 cm³/mol. The summed E-state index contributed by atoms with van der Waals surface area (Å²) in [4.78, 5) is 30.9. The van der Waals surface area contributed by atoms with E-state index >= 15 is 0 Å². The van der Waals surface area contributed by atoms with Gasteiger partial charge >= 0.3 is 0 Å². The number of aromatic nitrogens is 2. The van der Waals surface area contributed by atoms with Gasteiger partial charge in [-0.25, -0.2) is 13.4 Å². The summed E-state index contributed by atoms with van der Waals surface area (Å²) in [6, 6.07) is 6.04. The van der Waals surface area contributed by atoms with Gasteiger partial charge in [0.1, 0.15) is 5.56 Å². The fraction of sp³-hybridized carbons (Fsp3) is 0.214. The molecule has 0 unspecified atom stereocenters. The summed E-state index contributed by atoms with van der Waals surface area (Å²) in [6.45, 7) is 0. The average Bonchev–Trinajstić information content (AvgIpc) is 2.53. The molecular weight excluding hydrogens is 352 g/mol. The van der Waals surface area contributed by atoms with E-state index in [1.54, 1.807) is 18.4 Å². The molecule has 0 aliphatic carbocycles. The van der Waals surface area contributed by atoms with Gasteiger partial charge in [-0.15, -0.1) is 0 Å². The quantitative estimate of drug-likeness (QED) is 0.532. The first-order valence-corrected chi connectivity index (χ1v) is 9.85. The molecule has 1 aromatic heterocycles. The molecule has 0 saturated carbocycles. The van der Waals surface area contributed by atoms with Crippen molar-refractivity contribution in [3.63, 3.8) is 0 Å². The van der Waals surface area contributed by atoms with Crippen LogP contribution in [0.25, 0.3) is 0 Å². The Bertz CT molecular complexity index is 938. The Morgan fingerprint density at radius 1 is 1.33 bits per heavy atom. The fourth-order valence-corrected chi connectivity index (χ4v) is 2.96. The molecule has 1 amide bonds. The number of nitrogens with one attached hydrogen (secondary N) is 3. The molecule has 24 heavy (non-hydrogen) atoms. The van der Waals surface area contributed by atoms with Gasteiger partial charge in [0.15, 0.2) is 20.8 Å². The summed E-state index contributed by atoms with van der Waals surface area (Å²) in [5.41, 5.74) is -0.372. The second-order valence-corrected chi connectivity index (χ2v) is 7.61. The number of aromatic amines is 1. The first-order chi connectivity index (χ1) is 11.3. The van der Waals surface area contributed by atoms with Crippen LogP contribution in [-0.4, -0.2) is 43.9 Å². The van der Waals surface area contributed by atoms with Crippen molar-refractivity contribution in [1.29, 1.82) is 0 Å². The van der Waals surface area contributed by atoms with E-state index in [0.29, 0.717) is 10.8 Å². The highest BCUT2D eigenvalue weighted by atomic mass is 32.2. The van der Waals surface area contributed by atoms with Crippen molar-refractivity contribution in [2.45, 2.75) is 10.1 Å². The maximum Gasteiger partial charge on any atom is 0.266 e. The van der Waals surface area contributed by atoms with Crippen molar-refractivity contribution in [2.24, 2.45) is 0 Å². The normalized spacial score (nSPS) is 11.1. The van der Waals surface area contributed by atoms with Gasteiger partial charge in [0.05, 0.1) is 4.90 Å². The van der Waals surface area contributed by atoms with Crippen LogP contribution in [-0.2, 0) is 9.84 Å². The molecule has 0 fully saturated rings. The maximum absolute atomic E-state index is 12.1. The van der Waals surface area contributed by atoms with E-state index in [2.05, 4.69) is 20.6 Å². The van der Waals surface area contributed by atoms with Gasteiger partial charge in [-0.1, -0.05) is 17.8 Å². The zero-order valence-corrected chi connectivity index (χ0v) is 14.8. The van der Waals surface area contributed by atoms with Crippen LogP contribution in [0.15, 0.2) is 39.1 Å². The van der Waals surface area contributed by atoms with E-state index in [9.17, 15) is 18.0 Å². The molecule has 0 aliphatic heterocycles. The van der Waals surface area contributed by atoms with Crippen LogP contribution >= 0.6 is 11.8 Å². The van der Waals surface area contributed by atoms with Crippen LogP contribution in [0.5, 0.6) is 0 Å². The number of thioether (sulfide) groups is 1. The van der Waals surface area contributed by atoms with E-state index < -0.39 is 21.3 Å². The van der Waals surface area contributed by atoms with Gasteiger partial charge in [0.2, 0.25) is 0 Å². The number of carbonyl (C=O) groups excluding carboxylic acids is 1. The number of anilines is 2. The Labute approximate surface area is 143 Å². The first kappa shape index (κ1) is 18.0. The molecule has 2 aromatic rings. The Kier molecular flexibility index (Phi) is 5.30. The molecule has 128 valence electrons. The number of hydrogen-bond acceptors (Lipinski definition) is 7. The SMILES string of the molecule is CNC(=O)c1c(Nc2cccc(S(C)(=O)=O)c2)nc(SC)[nH]c1=O. The van der Waals surface area contributed by atoms with Crippen LogP contribution in [0.4, 0.5) is 11.5 Å². The van der Waals surface area contributed by atoms with Gasteiger partial charge in [-0.2, -0.15) is 0 Å². The summed E-state index contributed by atoms with van der Waals surface area (Å²) in [5, 5.41) is 5.55. The van der Waals surface area contributed by atoms with Gasteiger partial charge < -0.3 is 15.6 Å². The van der Waals surface area contributed by atoms with Crippen LogP contribution in [0.3, 0.4) is 0 Å². The van der Waals surface area contributed by atoms with Crippen molar-refractivity contribution < 1.29 is 13.2 Å². The summed E-state index contributed by atoms with van der Waals surface area (Å²) in [7, 11) is -1.98. The number of H-pyrrole nitrogens is 1. The minimum Gasteiger partial charge on any atom is -0.355 e. The molecule has 0 atom stereocenters. The largest absolute Gasteiger partial charge is 0.355 e. The average molecular weight is 368 g/mol. The molecular formula is C14H16N4O4S2. The van der Waals surface area contributed by atoms with Crippen LogP contribution in [0.2, 0.25) is 0 Å². The molecule has 8 nitrogen and oxygen atoms in total. The van der Waals surface area contributed by atoms with Crippen LogP contribution in [0, 0.1) is 0 Å². The topological polar surface area (TPSA) is 121 Å². The van der Waals surface area contributed by atoms with Gasteiger partial charge in [0, 0.05) is 19.0 Å². The highest BCUT2D eigenvalue weighted by molar-refractivity contribution is 7.98. The molecule has 0 aliphatic rings. The summed E-state index contributed by atoms with van der Waals surface area (Å²) >= 11 is 1.21. The second kappa shape index (κ2) is 7.05. The molecule has 0 spiro atoms. The lowest BCUT2D eigenvalue weighted by Crippen LogP contribution is -2.29. The summed E-state index contributed by atoms with van der Waals surface area (Å²) < 4.78 is 23.3. The van der Waals surface area contributed by atoms with Crippen molar-refractivity contribution in [2.75, 3.05) is 24.9 Å². The Morgan fingerprint density at radius 3 is 2.62 bits per heavy atom. The predicted octanol–water partition coefficient (Wildman–Crippen LogP) is 0.998. The Balaban J connectivity index is 2.55. The zero-order valence-electron chi connectivity index (χ0n) is 13.2. The summed E-state index contributed by atoms with van der Waals surface area (Å²) in [5.74, 6) is -0.550. The minimum absolute atomic E-state index is 0.0492. The van der Waals surface area contributed by atoms with E-state index in [1.807, 2.05) is 0 Å². The molecule has 0 bridgehead atoms. The van der Waals surface area contributed by atoms with Crippen molar-refractivity contribution in [3.05, 3.63) is 40.2 Å². The van der Waals surface area contributed by atoms with Gasteiger partial charge in [-0.05, 0) is 24.5 Å². The lowest BCUT2D eigenvalue weighted by atomic mass is 10.2. The molecule has 10 heteroatoms. The second-order valence-electron chi connectivity index (χ2n) is 4.80. The van der Waals surface area contributed by atoms with Crippen LogP contribution < -0.4 is 16.2 Å². The van der Waals surface area contributed by atoms with Crippen molar-refractivity contribution in [3.8, 4) is 0 Å². The standard InChI is InChI=1S/C14H16N4O4S2/c1-15-12(19)10-11(17-14(23-2)18-13(10)20)16-8-5-4-6-9(7-8)24(3,21)22/h4-7H,1-3H3,(H,15,19)(H2,16,17,18,20).